The van der Waals surface area contributed by atoms with Crippen molar-refractivity contribution in [3.8, 4) is 0 Å². The standard InChI is InChI=1S/C12H16BrFN2O/c1-8(16(2)3)7-15-12(17)9-5-4-6-10(14)11(9)13/h4-6,8H,7H2,1-3H3,(H,15,17). The molecule has 0 aliphatic heterocycles. The molecule has 0 fully saturated rings. The van der Waals surface area contributed by atoms with Crippen LogP contribution in [0.1, 0.15) is 17.3 Å². The smallest absolute Gasteiger partial charge is 0.252 e. The number of hydrogen-bond acceptors (Lipinski definition) is 2. The maximum atomic E-state index is 13.2. The summed E-state index contributed by atoms with van der Waals surface area (Å²) in [6.07, 6.45) is 0. The number of likely N-dealkylation sites (N-methyl/N-ethyl adjacent to an activating group) is 1. The topological polar surface area (TPSA) is 32.3 Å². The Bertz CT molecular complexity index is 409. The van der Waals surface area contributed by atoms with Gasteiger partial charge in [-0.15, -0.1) is 0 Å². The summed E-state index contributed by atoms with van der Waals surface area (Å²) in [6, 6.07) is 4.64. The summed E-state index contributed by atoms with van der Waals surface area (Å²) >= 11 is 3.07. The van der Waals surface area contributed by atoms with Gasteiger partial charge in [-0.25, -0.2) is 4.39 Å². The number of benzene rings is 1. The van der Waals surface area contributed by atoms with Gasteiger partial charge >= 0.3 is 0 Å². The van der Waals surface area contributed by atoms with Crippen LogP contribution < -0.4 is 5.32 Å². The number of nitrogens with zero attached hydrogens (tertiary/aromatic N) is 1. The first kappa shape index (κ1) is 14.1. The van der Waals surface area contributed by atoms with Gasteiger partial charge in [-0.05, 0) is 49.1 Å². The van der Waals surface area contributed by atoms with Crippen molar-refractivity contribution in [2.24, 2.45) is 0 Å². The van der Waals surface area contributed by atoms with Gasteiger partial charge in [-0.2, -0.15) is 0 Å². The zero-order valence-electron chi connectivity index (χ0n) is 10.1. The summed E-state index contributed by atoms with van der Waals surface area (Å²) in [5.41, 5.74) is 0.316. The second-order valence-electron chi connectivity index (χ2n) is 4.12. The number of carbonyl (C=O) groups excluding carboxylic acids is 1. The van der Waals surface area contributed by atoms with Crippen LogP contribution in [0.15, 0.2) is 22.7 Å². The van der Waals surface area contributed by atoms with E-state index in [4.69, 9.17) is 0 Å². The number of amides is 1. The Balaban J connectivity index is 2.68. The van der Waals surface area contributed by atoms with Gasteiger partial charge in [0.25, 0.3) is 5.91 Å². The first-order valence-electron chi connectivity index (χ1n) is 5.32. The van der Waals surface area contributed by atoms with Crippen LogP contribution in [0.4, 0.5) is 4.39 Å². The molecule has 1 rings (SSSR count). The number of nitrogens with one attached hydrogen (secondary N) is 1. The third-order valence-electron chi connectivity index (χ3n) is 2.64. The van der Waals surface area contributed by atoms with Crippen molar-refractivity contribution in [2.45, 2.75) is 13.0 Å². The SMILES string of the molecule is CC(CNC(=O)c1cccc(F)c1Br)N(C)C. The predicted octanol–water partition coefficient (Wildman–Crippen LogP) is 2.27. The van der Waals surface area contributed by atoms with E-state index >= 15 is 0 Å². The van der Waals surface area contributed by atoms with E-state index in [-0.39, 0.29) is 16.4 Å². The highest BCUT2D eigenvalue weighted by Crippen LogP contribution is 2.20. The molecule has 0 saturated heterocycles. The summed E-state index contributed by atoms with van der Waals surface area (Å²) in [7, 11) is 3.88. The van der Waals surface area contributed by atoms with Crippen molar-refractivity contribution in [3.05, 3.63) is 34.1 Å². The lowest BCUT2D eigenvalue weighted by molar-refractivity contribution is 0.0942. The van der Waals surface area contributed by atoms with E-state index in [1.807, 2.05) is 25.9 Å². The molecule has 1 unspecified atom stereocenters. The zero-order chi connectivity index (χ0) is 13.0. The van der Waals surface area contributed by atoms with Gasteiger partial charge < -0.3 is 10.2 Å². The fourth-order valence-electron chi connectivity index (χ4n) is 1.20. The van der Waals surface area contributed by atoms with Crippen LogP contribution in [0.25, 0.3) is 0 Å². The number of hydrogen-bond donors (Lipinski definition) is 1. The Hall–Kier alpha value is -0.940. The molecule has 0 bridgehead atoms. The zero-order valence-corrected chi connectivity index (χ0v) is 11.7. The average Bonchev–Trinajstić information content (AvgIpc) is 2.29. The van der Waals surface area contributed by atoms with Crippen LogP contribution in [0.5, 0.6) is 0 Å². The van der Waals surface area contributed by atoms with Crippen LogP contribution in [-0.4, -0.2) is 37.5 Å². The van der Waals surface area contributed by atoms with Crippen LogP contribution in [0, 0.1) is 5.82 Å². The van der Waals surface area contributed by atoms with Crippen LogP contribution in [0.2, 0.25) is 0 Å². The van der Waals surface area contributed by atoms with Gasteiger partial charge in [0.1, 0.15) is 5.82 Å². The molecule has 3 nitrogen and oxygen atoms in total. The van der Waals surface area contributed by atoms with E-state index in [1.165, 1.54) is 12.1 Å². The highest BCUT2D eigenvalue weighted by Gasteiger charge is 2.14. The lowest BCUT2D eigenvalue weighted by Gasteiger charge is -2.20. The molecule has 0 aromatic heterocycles. The molecule has 1 atom stereocenters. The van der Waals surface area contributed by atoms with Gasteiger partial charge in [-0.3, -0.25) is 4.79 Å². The number of carbonyl (C=O) groups is 1. The summed E-state index contributed by atoms with van der Waals surface area (Å²) in [5, 5.41) is 2.77. The molecule has 1 N–H and O–H groups in total. The molecule has 0 aliphatic carbocycles. The Morgan fingerprint density at radius 2 is 2.18 bits per heavy atom. The molecule has 94 valence electrons. The maximum absolute atomic E-state index is 13.2. The molecule has 0 heterocycles. The Labute approximate surface area is 109 Å². The fraction of sp³-hybridized carbons (Fsp3) is 0.417. The first-order valence-corrected chi connectivity index (χ1v) is 6.11. The molecule has 0 aliphatic rings. The van der Waals surface area contributed by atoms with E-state index in [1.54, 1.807) is 6.07 Å². The van der Waals surface area contributed by atoms with Crippen molar-refractivity contribution in [1.82, 2.24) is 10.2 Å². The van der Waals surface area contributed by atoms with Gasteiger partial charge in [0, 0.05) is 12.6 Å². The lowest BCUT2D eigenvalue weighted by Crippen LogP contribution is -2.38. The average molecular weight is 303 g/mol. The second kappa shape index (κ2) is 6.12. The van der Waals surface area contributed by atoms with Gasteiger partial charge in [0.15, 0.2) is 0 Å². The first-order chi connectivity index (χ1) is 7.93. The molecule has 5 heteroatoms. The Kier molecular flexibility index (Phi) is 5.08. The monoisotopic (exact) mass is 302 g/mol. The highest BCUT2D eigenvalue weighted by molar-refractivity contribution is 9.10. The highest BCUT2D eigenvalue weighted by atomic mass is 79.9. The summed E-state index contributed by atoms with van der Waals surface area (Å²) in [6.45, 7) is 2.52. The number of halogens is 2. The molecule has 1 aromatic rings. The van der Waals surface area contributed by atoms with Gasteiger partial charge in [0.2, 0.25) is 0 Å². The van der Waals surface area contributed by atoms with Crippen molar-refractivity contribution in [3.63, 3.8) is 0 Å². The van der Waals surface area contributed by atoms with E-state index in [9.17, 15) is 9.18 Å². The normalized spacial score (nSPS) is 12.6. The van der Waals surface area contributed by atoms with Gasteiger partial charge in [-0.1, -0.05) is 6.07 Å². The van der Waals surface area contributed by atoms with Crippen molar-refractivity contribution in [1.29, 1.82) is 0 Å². The minimum atomic E-state index is -0.432. The van der Waals surface area contributed by atoms with Crippen LogP contribution in [-0.2, 0) is 0 Å². The third kappa shape index (κ3) is 3.78. The van der Waals surface area contributed by atoms with Crippen LogP contribution >= 0.6 is 15.9 Å². The number of rotatable bonds is 4. The Morgan fingerprint density at radius 3 is 2.76 bits per heavy atom. The minimum absolute atomic E-state index is 0.204. The summed E-state index contributed by atoms with van der Waals surface area (Å²) in [4.78, 5) is 13.8. The Morgan fingerprint density at radius 1 is 1.53 bits per heavy atom. The molecular formula is C12H16BrFN2O. The minimum Gasteiger partial charge on any atom is -0.350 e. The van der Waals surface area contributed by atoms with Crippen molar-refractivity contribution < 1.29 is 9.18 Å². The summed E-state index contributed by atoms with van der Waals surface area (Å²) < 4.78 is 13.4. The predicted molar refractivity (Wildman–Crippen MR) is 69.6 cm³/mol. The maximum Gasteiger partial charge on any atom is 0.252 e. The van der Waals surface area contributed by atoms with Crippen molar-refractivity contribution in [2.75, 3.05) is 20.6 Å². The molecule has 1 amide bonds. The van der Waals surface area contributed by atoms with E-state index in [0.29, 0.717) is 12.1 Å². The fourth-order valence-corrected chi connectivity index (χ4v) is 1.64. The van der Waals surface area contributed by atoms with Gasteiger partial charge in [0.05, 0.1) is 10.0 Å². The second-order valence-corrected chi connectivity index (χ2v) is 4.92. The van der Waals surface area contributed by atoms with E-state index < -0.39 is 5.82 Å². The van der Waals surface area contributed by atoms with E-state index in [2.05, 4.69) is 21.2 Å². The quantitative estimate of drug-likeness (QED) is 0.925. The molecule has 0 radical (unpaired) electrons. The molecule has 0 spiro atoms. The molecule has 1 aromatic carbocycles. The molecular weight excluding hydrogens is 287 g/mol. The largest absolute Gasteiger partial charge is 0.350 e. The third-order valence-corrected chi connectivity index (χ3v) is 3.44. The van der Waals surface area contributed by atoms with E-state index in [0.717, 1.165) is 0 Å². The molecule has 0 saturated carbocycles. The lowest BCUT2D eigenvalue weighted by atomic mass is 10.2. The summed E-state index contributed by atoms with van der Waals surface area (Å²) in [5.74, 6) is -0.705. The van der Waals surface area contributed by atoms with Crippen molar-refractivity contribution >= 4 is 21.8 Å². The molecule has 17 heavy (non-hydrogen) atoms. The van der Waals surface area contributed by atoms with Crippen LogP contribution in [0.3, 0.4) is 0 Å².